The van der Waals surface area contributed by atoms with E-state index in [-0.39, 0.29) is 17.4 Å². The number of aromatic hydroxyl groups is 2. The average Bonchev–Trinajstić information content (AvgIpc) is 2.70. The van der Waals surface area contributed by atoms with Crippen molar-refractivity contribution in [1.82, 2.24) is 0 Å². The fraction of sp³-hybridized carbons (Fsp3) is 0.136. The van der Waals surface area contributed by atoms with Crippen molar-refractivity contribution >= 4 is 17.3 Å². The molecule has 27 heavy (non-hydrogen) atoms. The molecule has 0 saturated carbocycles. The van der Waals surface area contributed by atoms with Crippen molar-refractivity contribution in [3.8, 4) is 11.5 Å². The summed E-state index contributed by atoms with van der Waals surface area (Å²) in [4.78, 5) is 15.0. The Bertz CT molecular complexity index is 999. The van der Waals surface area contributed by atoms with E-state index in [1.165, 1.54) is 17.7 Å². The summed E-state index contributed by atoms with van der Waals surface area (Å²) in [5, 5.41) is 23.0. The van der Waals surface area contributed by atoms with Gasteiger partial charge < -0.3 is 15.5 Å². The van der Waals surface area contributed by atoms with E-state index in [9.17, 15) is 15.0 Å². The third-order valence-electron chi connectivity index (χ3n) is 4.86. The van der Waals surface area contributed by atoms with E-state index in [4.69, 9.17) is 0 Å². The van der Waals surface area contributed by atoms with Gasteiger partial charge in [0.05, 0.1) is 5.56 Å². The highest BCUT2D eigenvalue weighted by molar-refractivity contribution is 6.12. The highest BCUT2D eigenvalue weighted by atomic mass is 16.3. The molecule has 1 amide bonds. The number of nitrogens with one attached hydrogen (secondary N) is 1. The quantitative estimate of drug-likeness (QED) is 0.604. The van der Waals surface area contributed by atoms with Gasteiger partial charge in [-0.25, -0.2) is 0 Å². The molecule has 0 unspecified atom stereocenters. The summed E-state index contributed by atoms with van der Waals surface area (Å²) >= 11 is 0. The molecule has 1 aliphatic rings. The highest BCUT2D eigenvalue weighted by Crippen LogP contribution is 2.38. The first kappa shape index (κ1) is 17.0. The van der Waals surface area contributed by atoms with Gasteiger partial charge in [-0.2, -0.15) is 0 Å². The number of aryl methyl sites for hydroxylation is 1. The van der Waals surface area contributed by atoms with Crippen molar-refractivity contribution in [2.24, 2.45) is 0 Å². The first-order valence-corrected chi connectivity index (χ1v) is 8.88. The lowest BCUT2D eigenvalue weighted by Gasteiger charge is -2.38. The van der Waals surface area contributed by atoms with Crippen LogP contribution in [0.2, 0.25) is 0 Å². The number of phenolic OH excluding ortho intramolecular Hbond substituents is 2. The molecule has 5 nitrogen and oxygen atoms in total. The zero-order chi connectivity index (χ0) is 19.0. The lowest BCUT2D eigenvalue weighted by Crippen LogP contribution is -2.43. The zero-order valence-corrected chi connectivity index (χ0v) is 14.9. The number of amides is 1. The number of hydrogen-bond donors (Lipinski definition) is 3. The van der Waals surface area contributed by atoms with Crippen LogP contribution >= 0.6 is 0 Å². The summed E-state index contributed by atoms with van der Waals surface area (Å²) in [6.45, 7) is 2.08. The predicted octanol–water partition coefficient (Wildman–Crippen LogP) is 4.43. The van der Waals surface area contributed by atoms with Crippen LogP contribution in [-0.2, 0) is 6.42 Å². The number of fused-ring (bicyclic) bond motifs is 1. The van der Waals surface area contributed by atoms with Crippen molar-refractivity contribution < 1.29 is 15.0 Å². The van der Waals surface area contributed by atoms with Gasteiger partial charge in [0.15, 0.2) is 11.5 Å². The highest BCUT2D eigenvalue weighted by Gasteiger charge is 2.34. The summed E-state index contributed by atoms with van der Waals surface area (Å²) in [7, 11) is 0. The molecule has 0 radical (unpaired) electrons. The first-order valence-electron chi connectivity index (χ1n) is 8.88. The summed E-state index contributed by atoms with van der Waals surface area (Å²) in [5.41, 5.74) is 3.96. The third-order valence-corrected chi connectivity index (χ3v) is 4.86. The minimum atomic E-state index is -0.508. The smallest absolute Gasteiger partial charge is 0.262 e. The normalized spacial score (nSPS) is 16.0. The predicted molar refractivity (Wildman–Crippen MR) is 105 cm³/mol. The second-order valence-electron chi connectivity index (χ2n) is 6.54. The maximum absolute atomic E-state index is 13.3. The molecule has 4 rings (SSSR count). The van der Waals surface area contributed by atoms with Crippen molar-refractivity contribution in [3.63, 3.8) is 0 Å². The molecule has 136 valence electrons. The molecule has 1 aliphatic heterocycles. The van der Waals surface area contributed by atoms with Crippen LogP contribution in [0.5, 0.6) is 11.5 Å². The molecule has 3 aromatic carbocycles. The van der Waals surface area contributed by atoms with E-state index in [1.54, 1.807) is 17.0 Å². The Balaban J connectivity index is 1.84. The van der Waals surface area contributed by atoms with E-state index >= 15 is 0 Å². The fourth-order valence-electron chi connectivity index (χ4n) is 3.36. The number of nitrogens with zero attached hydrogens (tertiary/aromatic N) is 1. The Hall–Kier alpha value is -3.47. The van der Waals surface area contributed by atoms with Gasteiger partial charge in [0.1, 0.15) is 6.17 Å². The number of phenols is 2. The third kappa shape index (κ3) is 2.97. The van der Waals surface area contributed by atoms with Crippen LogP contribution in [-0.4, -0.2) is 16.1 Å². The topological polar surface area (TPSA) is 72.8 Å². The number of anilines is 2. The number of para-hydroxylation sites is 1. The van der Waals surface area contributed by atoms with E-state index < -0.39 is 6.17 Å². The van der Waals surface area contributed by atoms with Crippen LogP contribution in [0.3, 0.4) is 0 Å². The Morgan fingerprint density at radius 2 is 1.70 bits per heavy atom. The molecule has 1 heterocycles. The Kier molecular flexibility index (Phi) is 4.20. The van der Waals surface area contributed by atoms with Crippen molar-refractivity contribution in [1.29, 1.82) is 0 Å². The maximum atomic E-state index is 13.3. The second-order valence-corrected chi connectivity index (χ2v) is 6.54. The standard InChI is InChI=1S/C22H20N2O3/c1-2-14-7-10-16(11-8-14)24-21(15-9-12-19(25)20(26)13-15)23-18-6-4-3-5-17(18)22(24)27/h3-13,21,23,25-26H,2H2,1H3/t21-/m0/s1. The molecule has 1 atom stereocenters. The summed E-state index contributed by atoms with van der Waals surface area (Å²) in [5.74, 6) is -0.534. The van der Waals surface area contributed by atoms with Gasteiger partial charge in [-0.05, 0) is 53.9 Å². The maximum Gasteiger partial charge on any atom is 0.262 e. The lowest BCUT2D eigenvalue weighted by atomic mass is 10.0. The lowest BCUT2D eigenvalue weighted by molar-refractivity contribution is 0.0975. The number of carbonyl (C=O) groups is 1. The number of rotatable bonds is 3. The molecule has 0 saturated heterocycles. The Labute approximate surface area is 157 Å². The van der Waals surface area contributed by atoms with Gasteiger partial charge in [0.2, 0.25) is 0 Å². The largest absolute Gasteiger partial charge is 0.504 e. The number of benzene rings is 3. The van der Waals surface area contributed by atoms with Crippen LogP contribution in [0.4, 0.5) is 11.4 Å². The summed E-state index contributed by atoms with van der Waals surface area (Å²) < 4.78 is 0. The average molecular weight is 360 g/mol. The Morgan fingerprint density at radius 3 is 2.41 bits per heavy atom. The molecule has 0 bridgehead atoms. The molecule has 5 heteroatoms. The molecule has 0 aliphatic carbocycles. The molecule has 0 fully saturated rings. The molecule has 3 N–H and O–H groups in total. The van der Waals surface area contributed by atoms with Crippen LogP contribution in [0.1, 0.15) is 34.6 Å². The van der Waals surface area contributed by atoms with Crippen molar-refractivity contribution in [2.75, 3.05) is 10.2 Å². The van der Waals surface area contributed by atoms with Crippen molar-refractivity contribution in [3.05, 3.63) is 83.4 Å². The SMILES string of the molecule is CCc1ccc(N2C(=O)c3ccccc3N[C@@H]2c2ccc(O)c(O)c2)cc1. The molecular formula is C22H20N2O3. The van der Waals surface area contributed by atoms with E-state index in [0.29, 0.717) is 11.1 Å². The van der Waals surface area contributed by atoms with Crippen LogP contribution in [0.15, 0.2) is 66.7 Å². The molecule has 3 aromatic rings. The van der Waals surface area contributed by atoms with E-state index in [0.717, 1.165) is 17.8 Å². The van der Waals surface area contributed by atoms with Crippen LogP contribution in [0, 0.1) is 0 Å². The number of hydrogen-bond acceptors (Lipinski definition) is 4. The molecular weight excluding hydrogens is 340 g/mol. The minimum Gasteiger partial charge on any atom is -0.504 e. The van der Waals surface area contributed by atoms with Crippen molar-refractivity contribution in [2.45, 2.75) is 19.5 Å². The van der Waals surface area contributed by atoms with Gasteiger partial charge >= 0.3 is 0 Å². The number of carbonyl (C=O) groups excluding carboxylic acids is 1. The first-order chi connectivity index (χ1) is 13.1. The van der Waals surface area contributed by atoms with Gasteiger partial charge in [-0.1, -0.05) is 37.3 Å². The van der Waals surface area contributed by atoms with Crippen LogP contribution in [0.25, 0.3) is 0 Å². The summed E-state index contributed by atoms with van der Waals surface area (Å²) in [6.07, 6.45) is 0.413. The Morgan fingerprint density at radius 1 is 0.963 bits per heavy atom. The van der Waals surface area contributed by atoms with Gasteiger partial charge in [0.25, 0.3) is 5.91 Å². The second kappa shape index (κ2) is 6.68. The minimum absolute atomic E-state index is 0.119. The summed E-state index contributed by atoms with van der Waals surface area (Å²) in [6, 6.07) is 19.8. The van der Waals surface area contributed by atoms with E-state index in [2.05, 4.69) is 12.2 Å². The molecule has 0 aromatic heterocycles. The van der Waals surface area contributed by atoms with Gasteiger partial charge in [-0.15, -0.1) is 0 Å². The monoisotopic (exact) mass is 360 g/mol. The van der Waals surface area contributed by atoms with Crippen LogP contribution < -0.4 is 10.2 Å². The zero-order valence-electron chi connectivity index (χ0n) is 14.9. The van der Waals surface area contributed by atoms with Gasteiger partial charge in [-0.3, -0.25) is 9.69 Å². The molecule has 0 spiro atoms. The van der Waals surface area contributed by atoms with Gasteiger partial charge in [0, 0.05) is 11.4 Å². The fourth-order valence-corrected chi connectivity index (χ4v) is 3.36. The van der Waals surface area contributed by atoms with E-state index in [1.807, 2.05) is 42.5 Å².